The topological polar surface area (TPSA) is 49.7 Å². The molecule has 140 valence electrons. The van der Waals surface area contributed by atoms with E-state index in [1.807, 2.05) is 36.4 Å². The van der Waals surface area contributed by atoms with Crippen LogP contribution in [0.4, 0.5) is 0 Å². The average Bonchev–Trinajstić information content (AvgIpc) is 2.62. The summed E-state index contributed by atoms with van der Waals surface area (Å²) in [6.45, 7) is 10.3. The molecular formula is C22H30O3Si. The molecule has 2 rings (SSSR count). The van der Waals surface area contributed by atoms with Gasteiger partial charge in [0.25, 0.3) is 8.32 Å². The summed E-state index contributed by atoms with van der Waals surface area (Å²) in [5.41, 5.74) is 0. The highest BCUT2D eigenvalue weighted by atomic mass is 28.4. The summed E-state index contributed by atoms with van der Waals surface area (Å²) in [5, 5.41) is 22.3. The molecule has 0 radical (unpaired) electrons. The third kappa shape index (κ3) is 4.51. The molecule has 0 spiro atoms. The third-order valence-corrected chi connectivity index (χ3v) is 9.70. The second-order valence-corrected chi connectivity index (χ2v) is 12.0. The van der Waals surface area contributed by atoms with Gasteiger partial charge in [0.15, 0.2) is 0 Å². The maximum atomic E-state index is 10.4. The van der Waals surface area contributed by atoms with E-state index in [9.17, 15) is 10.2 Å². The molecule has 2 aromatic carbocycles. The normalized spacial score (nSPS) is 14.7. The van der Waals surface area contributed by atoms with Crippen molar-refractivity contribution < 1.29 is 14.6 Å². The highest BCUT2D eigenvalue weighted by molar-refractivity contribution is 6.99. The fourth-order valence-electron chi connectivity index (χ4n) is 3.43. The Morgan fingerprint density at radius 1 is 0.962 bits per heavy atom. The fourth-order valence-corrected chi connectivity index (χ4v) is 8.02. The van der Waals surface area contributed by atoms with Crippen molar-refractivity contribution in [1.82, 2.24) is 0 Å². The summed E-state index contributed by atoms with van der Waals surface area (Å²) in [4.78, 5) is 0. The van der Waals surface area contributed by atoms with Crippen molar-refractivity contribution in [1.29, 1.82) is 0 Å². The van der Waals surface area contributed by atoms with E-state index < -0.39 is 20.5 Å². The van der Waals surface area contributed by atoms with Crippen molar-refractivity contribution in [2.75, 3.05) is 6.61 Å². The lowest BCUT2D eigenvalue weighted by Crippen LogP contribution is -2.67. The van der Waals surface area contributed by atoms with Gasteiger partial charge in [-0.15, -0.1) is 6.58 Å². The van der Waals surface area contributed by atoms with Crippen LogP contribution >= 0.6 is 0 Å². The summed E-state index contributed by atoms with van der Waals surface area (Å²) < 4.78 is 6.62. The van der Waals surface area contributed by atoms with Crippen LogP contribution in [0.25, 0.3) is 0 Å². The van der Waals surface area contributed by atoms with Crippen LogP contribution in [0.1, 0.15) is 27.2 Å². The number of rotatable bonds is 8. The lowest BCUT2D eigenvalue weighted by atomic mass is 10.2. The highest BCUT2D eigenvalue weighted by Gasteiger charge is 2.50. The average molecular weight is 371 g/mol. The van der Waals surface area contributed by atoms with Crippen LogP contribution in [-0.4, -0.2) is 37.3 Å². The summed E-state index contributed by atoms with van der Waals surface area (Å²) in [6, 6.07) is 20.6. The quantitative estimate of drug-likeness (QED) is 0.555. The molecule has 0 amide bonds. The van der Waals surface area contributed by atoms with Gasteiger partial charge >= 0.3 is 0 Å². The van der Waals surface area contributed by atoms with Crippen LogP contribution in [0.2, 0.25) is 5.04 Å². The van der Waals surface area contributed by atoms with Gasteiger partial charge in [-0.25, -0.2) is 0 Å². The van der Waals surface area contributed by atoms with E-state index in [-0.39, 0.29) is 18.1 Å². The SMILES string of the molecule is C=C[C@H](O)C[C@H](O)CO[Si](c1ccccc1)(c1ccccc1)C(C)(C)C. The second-order valence-electron chi connectivity index (χ2n) is 7.67. The molecule has 2 N–H and O–H groups in total. The minimum Gasteiger partial charge on any atom is -0.405 e. The molecule has 0 fully saturated rings. The van der Waals surface area contributed by atoms with E-state index in [0.29, 0.717) is 0 Å². The minimum atomic E-state index is -2.64. The molecule has 0 saturated heterocycles. The Labute approximate surface area is 158 Å². The Morgan fingerprint density at radius 3 is 1.81 bits per heavy atom. The van der Waals surface area contributed by atoms with E-state index in [4.69, 9.17) is 4.43 Å². The first-order valence-electron chi connectivity index (χ1n) is 9.05. The fraction of sp³-hybridized carbons (Fsp3) is 0.364. The zero-order chi connectivity index (χ0) is 19.2. The van der Waals surface area contributed by atoms with Crippen molar-refractivity contribution in [2.45, 2.75) is 44.4 Å². The van der Waals surface area contributed by atoms with Crippen molar-refractivity contribution in [3.8, 4) is 0 Å². The van der Waals surface area contributed by atoms with Gasteiger partial charge < -0.3 is 14.6 Å². The molecule has 0 saturated carbocycles. The number of aliphatic hydroxyl groups excluding tert-OH is 2. The predicted octanol–water partition coefficient (Wildman–Crippen LogP) is 2.86. The lowest BCUT2D eigenvalue weighted by Gasteiger charge is -2.43. The van der Waals surface area contributed by atoms with E-state index in [2.05, 4.69) is 51.6 Å². The van der Waals surface area contributed by atoms with E-state index in [1.54, 1.807) is 0 Å². The van der Waals surface area contributed by atoms with Crippen LogP contribution in [0, 0.1) is 0 Å². The molecule has 0 aliphatic heterocycles. The number of hydrogen-bond acceptors (Lipinski definition) is 3. The van der Waals surface area contributed by atoms with Gasteiger partial charge in [0.1, 0.15) is 0 Å². The molecule has 0 aliphatic carbocycles. The Balaban J connectivity index is 2.45. The van der Waals surface area contributed by atoms with Crippen LogP contribution < -0.4 is 10.4 Å². The maximum absolute atomic E-state index is 10.4. The molecule has 26 heavy (non-hydrogen) atoms. The number of aliphatic hydroxyl groups is 2. The van der Waals surface area contributed by atoms with Gasteiger partial charge in [-0.05, 0) is 15.4 Å². The molecule has 0 unspecified atom stereocenters. The molecule has 0 bridgehead atoms. The van der Waals surface area contributed by atoms with Crippen LogP contribution in [-0.2, 0) is 4.43 Å². The maximum Gasteiger partial charge on any atom is 0.261 e. The van der Waals surface area contributed by atoms with E-state index in [1.165, 1.54) is 16.4 Å². The van der Waals surface area contributed by atoms with Crippen molar-refractivity contribution in [3.05, 3.63) is 73.3 Å². The Morgan fingerprint density at radius 2 is 1.42 bits per heavy atom. The zero-order valence-corrected chi connectivity index (χ0v) is 16.9. The molecule has 0 aromatic heterocycles. The zero-order valence-electron chi connectivity index (χ0n) is 15.9. The molecule has 2 aromatic rings. The first-order valence-corrected chi connectivity index (χ1v) is 11.0. The molecular weight excluding hydrogens is 340 g/mol. The monoisotopic (exact) mass is 370 g/mol. The van der Waals surface area contributed by atoms with Crippen molar-refractivity contribution in [3.63, 3.8) is 0 Å². The van der Waals surface area contributed by atoms with Gasteiger partial charge in [0.05, 0.1) is 18.8 Å². The Hall–Kier alpha value is -1.72. The van der Waals surface area contributed by atoms with Gasteiger partial charge in [0.2, 0.25) is 0 Å². The largest absolute Gasteiger partial charge is 0.405 e. The molecule has 3 nitrogen and oxygen atoms in total. The minimum absolute atomic E-state index is 0.132. The van der Waals surface area contributed by atoms with E-state index >= 15 is 0 Å². The summed E-state index contributed by atoms with van der Waals surface area (Å²) in [7, 11) is -2.64. The van der Waals surface area contributed by atoms with Gasteiger partial charge in [-0.3, -0.25) is 0 Å². The summed E-state index contributed by atoms with van der Waals surface area (Å²) >= 11 is 0. The van der Waals surface area contributed by atoms with Gasteiger partial charge in [0, 0.05) is 6.42 Å². The van der Waals surface area contributed by atoms with Gasteiger partial charge in [-0.2, -0.15) is 0 Å². The van der Waals surface area contributed by atoms with E-state index in [0.717, 1.165) is 0 Å². The summed E-state index contributed by atoms with van der Waals surface area (Å²) in [6.07, 6.45) is 0.186. The van der Waals surface area contributed by atoms with Crippen LogP contribution in [0.15, 0.2) is 73.3 Å². The number of hydrogen-bond donors (Lipinski definition) is 2. The molecule has 2 atom stereocenters. The first kappa shape index (κ1) is 20.6. The molecule has 0 heterocycles. The first-order chi connectivity index (χ1) is 12.3. The second kappa shape index (κ2) is 8.78. The molecule has 0 aliphatic rings. The number of benzene rings is 2. The third-order valence-electron chi connectivity index (χ3n) is 4.69. The van der Waals surface area contributed by atoms with Gasteiger partial charge in [-0.1, -0.05) is 87.5 Å². The summed E-state index contributed by atoms with van der Waals surface area (Å²) in [5.74, 6) is 0. The molecule has 4 heteroatoms. The smallest absolute Gasteiger partial charge is 0.261 e. The highest BCUT2D eigenvalue weighted by Crippen LogP contribution is 2.36. The standard InChI is InChI=1S/C22H30O3Si/c1-5-18(23)16-19(24)17-25-26(22(2,3)4,20-12-8-6-9-13-20)21-14-10-7-11-15-21/h5-15,18-19,23-24H,1,16-17H2,2-4H3/t18-,19-/m0/s1. The Bertz CT molecular complexity index is 640. The Kier molecular flexibility index (Phi) is 6.95. The lowest BCUT2D eigenvalue weighted by molar-refractivity contribution is 0.0611. The predicted molar refractivity (Wildman–Crippen MR) is 110 cm³/mol. The van der Waals surface area contributed by atoms with Crippen LogP contribution in [0.5, 0.6) is 0 Å². The van der Waals surface area contributed by atoms with Crippen molar-refractivity contribution in [2.24, 2.45) is 0 Å². The van der Waals surface area contributed by atoms with Crippen molar-refractivity contribution >= 4 is 18.7 Å². The van der Waals surface area contributed by atoms with Crippen LogP contribution in [0.3, 0.4) is 0 Å².